The van der Waals surface area contributed by atoms with Crippen LogP contribution in [-0.4, -0.2) is 27.0 Å². The van der Waals surface area contributed by atoms with Gasteiger partial charge in [-0.05, 0) is 31.2 Å². The summed E-state index contributed by atoms with van der Waals surface area (Å²) in [6.45, 7) is 1.95. The number of hydrogen-bond donors (Lipinski definition) is 1. The molecule has 0 radical (unpaired) electrons. The van der Waals surface area contributed by atoms with Gasteiger partial charge in [0.1, 0.15) is 0 Å². The van der Waals surface area contributed by atoms with E-state index in [0.717, 1.165) is 11.1 Å². The number of hydrogen-bond acceptors (Lipinski definition) is 4. The molecule has 2 amide bonds. The molecule has 0 bridgehead atoms. The van der Waals surface area contributed by atoms with Crippen LogP contribution in [0.4, 0.5) is 5.69 Å². The molecule has 1 aliphatic rings. The summed E-state index contributed by atoms with van der Waals surface area (Å²) >= 11 is 5.98. The number of nitrogens with one attached hydrogen (secondary N) is 1. The van der Waals surface area contributed by atoms with Crippen LogP contribution in [0.15, 0.2) is 54.7 Å². The van der Waals surface area contributed by atoms with Crippen molar-refractivity contribution < 1.29 is 9.59 Å². The largest absolute Gasteiger partial charge is 0.275 e. The molecule has 0 atom stereocenters. The Kier molecular flexibility index (Phi) is 3.57. The number of benzene rings is 2. The van der Waals surface area contributed by atoms with Crippen LogP contribution in [-0.2, 0) is 0 Å². The van der Waals surface area contributed by atoms with Crippen molar-refractivity contribution in [3.05, 3.63) is 76.4 Å². The normalized spacial score (nSPS) is 13.4. The Morgan fingerprint density at radius 3 is 2.39 bits per heavy atom. The number of rotatable bonds is 2. The van der Waals surface area contributed by atoms with E-state index < -0.39 is 0 Å². The number of aromatic amines is 1. The molecule has 1 N–H and O–H groups in total. The lowest BCUT2D eigenvalue weighted by molar-refractivity contribution is 0.0926. The lowest BCUT2D eigenvalue weighted by Gasteiger charge is -2.13. The number of pyridine rings is 1. The Balaban J connectivity index is 1.72. The van der Waals surface area contributed by atoms with E-state index in [2.05, 4.69) is 15.2 Å². The first-order chi connectivity index (χ1) is 13.5. The number of carbonyl (C=O) groups is 2. The molecular formula is C21H13ClN4O2. The summed E-state index contributed by atoms with van der Waals surface area (Å²) in [6.07, 6.45) is 1.42. The quantitative estimate of drug-likeness (QED) is 0.516. The highest BCUT2D eigenvalue weighted by molar-refractivity contribution is 6.38. The number of imide groups is 1. The zero-order valence-electron chi connectivity index (χ0n) is 14.7. The third-order valence-corrected chi connectivity index (χ3v) is 5.11. The van der Waals surface area contributed by atoms with Crippen LogP contribution < -0.4 is 4.90 Å². The average Bonchev–Trinajstić information content (AvgIpc) is 3.23. The minimum absolute atomic E-state index is 0.273. The van der Waals surface area contributed by atoms with E-state index in [0.29, 0.717) is 33.0 Å². The molecule has 6 nitrogen and oxygen atoms in total. The Morgan fingerprint density at radius 2 is 1.68 bits per heavy atom. The second kappa shape index (κ2) is 6.00. The monoisotopic (exact) mass is 388 g/mol. The van der Waals surface area contributed by atoms with Gasteiger partial charge >= 0.3 is 0 Å². The molecule has 136 valence electrons. The second-order valence-electron chi connectivity index (χ2n) is 6.63. The molecule has 0 unspecified atom stereocenters. The predicted octanol–water partition coefficient (Wildman–Crippen LogP) is 4.39. The van der Waals surface area contributed by atoms with E-state index in [1.165, 1.54) is 11.1 Å². The summed E-state index contributed by atoms with van der Waals surface area (Å²) in [5.74, 6) is -0.769. The number of nitrogens with zero attached hydrogens (tertiary/aromatic N) is 3. The molecular weight excluding hydrogens is 376 g/mol. The summed E-state index contributed by atoms with van der Waals surface area (Å²) in [6, 6.07) is 14.4. The van der Waals surface area contributed by atoms with E-state index in [-0.39, 0.29) is 17.4 Å². The zero-order valence-corrected chi connectivity index (χ0v) is 15.5. The van der Waals surface area contributed by atoms with Gasteiger partial charge in [-0.25, -0.2) is 9.88 Å². The van der Waals surface area contributed by atoms with Crippen LogP contribution >= 0.6 is 11.6 Å². The van der Waals surface area contributed by atoms with Crippen molar-refractivity contribution in [1.29, 1.82) is 0 Å². The maximum absolute atomic E-state index is 13.3. The molecule has 2 aromatic heterocycles. The number of carbonyl (C=O) groups excluding carboxylic acids is 2. The Hall–Kier alpha value is -3.51. The lowest BCUT2D eigenvalue weighted by Crippen LogP contribution is -2.29. The summed E-state index contributed by atoms with van der Waals surface area (Å²) in [5.41, 5.74) is 3.98. The molecule has 5 rings (SSSR count). The number of H-pyrrole nitrogens is 1. The van der Waals surface area contributed by atoms with Gasteiger partial charge in [0.2, 0.25) is 0 Å². The molecule has 7 heteroatoms. The first-order valence-corrected chi connectivity index (χ1v) is 9.01. The second-order valence-corrected chi connectivity index (χ2v) is 7.07. The number of halogens is 1. The van der Waals surface area contributed by atoms with Gasteiger partial charge in [-0.1, -0.05) is 41.4 Å². The van der Waals surface area contributed by atoms with E-state index in [1.807, 2.05) is 31.2 Å². The minimum Gasteiger partial charge on any atom is -0.275 e. The van der Waals surface area contributed by atoms with Gasteiger partial charge in [0.25, 0.3) is 11.8 Å². The third kappa shape index (κ3) is 2.35. The number of anilines is 1. The predicted molar refractivity (Wildman–Crippen MR) is 107 cm³/mol. The van der Waals surface area contributed by atoms with Crippen LogP contribution in [0.3, 0.4) is 0 Å². The molecule has 4 aromatic rings. The van der Waals surface area contributed by atoms with Crippen LogP contribution in [0.1, 0.15) is 26.3 Å². The van der Waals surface area contributed by atoms with Crippen molar-refractivity contribution in [2.75, 3.05) is 4.90 Å². The molecule has 0 spiro atoms. The van der Waals surface area contributed by atoms with Gasteiger partial charge in [-0.15, -0.1) is 0 Å². The molecule has 3 heterocycles. The fourth-order valence-electron chi connectivity index (χ4n) is 3.45. The number of aryl methyl sites for hydroxylation is 1. The third-order valence-electron chi connectivity index (χ3n) is 4.86. The highest BCUT2D eigenvalue weighted by Crippen LogP contribution is 2.36. The minimum atomic E-state index is -0.387. The first-order valence-electron chi connectivity index (χ1n) is 8.63. The Labute approximate surface area is 164 Å². The molecule has 2 aromatic carbocycles. The Morgan fingerprint density at radius 1 is 0.964 bits per heavy atom. The van der Waals surface area contributed by atoms with Gasteiger partial charge in [0, 0.05) is 16.8 Å². The summed E-state index contributed by atoms with van der Waals surface area (Å²) in [5, 5.41) is 8.29. The Bertz CT molecular complexity index is 1260. The fourth-order valence-corrected chi connectivity index (χ4v) is 3.58. The van der Waals surface area contributed by atoms with Gasteiger partial charge in [0.15, 0.2) is 5.65 Å². The average molecular weight is 389 g/mol. The maximum atomic E-state index is 13.3. The van der Waals surface area contributed by atoms with E-state index in [9.17, 15) is 9.59 Å². The van der Waals surface area contributed by atoms with Gasteiger partial charge < -0.3 is 0 Å². The summed E-state index contributed by atoms with van der Waals surface area (Å²) in [4.78, 5) is 31.7. The highest BCUT2D eigenvalue weighted by Gasteiger charge is 2.39. The first kappa shape index (κ1) is 16.6. The van der Waals surface area contributed by atoms with Crippen LogP contribution in [0, 0.1) is 6.92 Å². The van der Waals surface area contributed by atoms with Crippen molar-refractivity contribution in [2.24, 2.45) is 0 Å². The number of amides is 2. The molecule has 0 aliphatic carbocycles. The van der Waals surface area contributed by atoms with Gasteiger partial charge in [-0.2, -0.15) is 5.10 Å². The van der Waals surface area contributed by atoms with Crippen LogP contribution in [0.5, 0.6) is 0 Å². The van der Waals surface area contributed by atoms with Crippen molar-refractivity contribution in [3.8, 4) is 11.3 Å². The lowest BCUT2D eigenvalue weighted by atomic mass is 10.0. The standard InChI is InChI=1S/C21H13ClN4O2/c1-11-2-8-14(9-3-11)26-20(27)15-10-23-19-17(16(15)21(26)28)18(24-25-19)12-4-6-13(22)7-5-12/h2-10H,1H3,(H,23,24,25). The topological polar surface area (TPSA) is 79.0 Å². The summed E-state index contributed by atoms with van der Waals surface area (Å²) in [7, 11) is 0. The molecule has 0 saturated carbocycles. The van der Waals surface area contributed by atoms with Crippen molar-refractivity contribution in [1.82, 2.24) is 15.2 Å². The molecule has 1 aliphatic heterocycles. The summed E-state index contributed by atoms with van der Waals surface area (Å²) < 4.78 is 0. The SMILES string of the molecule is Cc1ccc(N2C(=O)c3cnc4n[nH]c(-c5ccc(Cl)cc5)c4c3C2=O)cc1. The van der Waals surface area contributed by atoms with E-state index in [4.69, 9.17) is 11.6 Å². The van der Waals surface area contributed by atoms with E-state index >= 15 is 0 Å². The molecule has 0 fully saturated rings. The zero-order chi connectivity index (χ0) is 19.4. The van der Waals surface area contributed by atoms with Crippen LogP contribution in [0.25, 0.3) is 22.3 Å². The van der Waals surface area contributed by atoms with E-state index in [1.54, 1.807) is 24.3 Å². The highest BCUT2D eigenvalue weighted by atomic mass is 35.5. The number of aromatic nitrogens is 3. The van der Waals surface area contributed by atoms with Crippen molar-refractivity contribution >= 4 is 40.1 Å². The maximum Gasteiger partial charge on any atom is 0.267 e. The van der Waals surface area contributed by atoms with Crippen LogP contribution in [0.2, 0.25) is 5.02 Å². The molecule has 0 saturated heterocycles. The van der Waals surface area contributed by atoms with Crippen molar-refractivity contribution in [2.45, 2.75) is 6.92 Å². The smallest absolute Gasteiger partial charge is 0.267 e. The van der Waals surface area contributed by atoms with Crippen molar-refractivity contribution in [3.63, 3.8) is 0 Å². The van der Waals surface area contributed by atoms with Gasteiger partial charge in [0.05, 0.1) is 27.9 Å². The fraction of sp³-hybridized carbons (Fsp3) is 0.0476. The number of fused-ring (bicyclic) bond motifs is 3. The molecule has 28 heavy (non-hydrogen) atoms. The van der Waals surface area contributed by atoms with Gasteiger partial charge in [-0.3, -0.25) is 14.7 Å².